The van der Waals surface area contributed by atoms with Crippen LogP contribution in [0.25, 0.3) is 0 Å². The Morgan fingerprint density at radius 2 is 1.95 bits per heavy atom. The Labute approximate surface area is 106 Å². The Morgan fingerprint density at radius 1 is 1.37 bits per heavy atom. The number of carbonyl (C=O) groups is 1. The maximum Gasteiger partial charge on any atom is 0.416 e. The minimum atomic E-state index is -4.71. The van der Waals surface area contributed by atoms with Crippen LogP contribution in [0.4, 0.5) is 17.6 Å². The van der Waals surface area contributed by atoms with Crippen LogP contribution in [0.15, 0.2) is 18.2 Å². The first-order chi connectivity index (χ1) is 8.69. The largest absolute Gasteiger partial charge is 0.416 e. The molecule has 7 heteroatoms. The average molecular weight is 275 g/mol. The van der Waals surface area contributed by atoms with Crippen molar-refractivity contribution in [3.63, 3.8) is 0 Å². The Kier molecular flexibility index (Phi) is 3.96. The topological polar surface area (TPSA) is 50.1 Å². The van der Waals surface area contributed by atoms with E-state index < -0.39 is 34.5 Å². The molecular formula is C12H9F4NO2. The molecule has 1 aromatic carbocycles. The first-order valence-corrected chi connectivity index (χ1v) is 5.03. The van der Waals surface area contributed by atoms with Gasteiger partial charge in [-0.2, -0.15) is 18.4 Å². The minimum Gasteiger partial charge on any atom is -0.353 e. The smallest absolute Gasteiger partial charge is 0.353 e. The van der Waals surface area contributed by atoms with Gasteiger partial charge in [0.2, 0.25) is 5.60 Å². The normalized spacial score (nSPS) is 14.6. The van der Waals surface area contributed by atoms with E-state index in [9.17, 15) is 22.4 Å². The van der Waals surface area contributed by atoms with Gasteiger partial charge in [0.1, 0.15) is 11.9 Å². The zero-order chi connectivity index (χ0) is 14.8. The molecule has 0 bridgehead atoms. The lowest BCUT2D eigenvalue weighted by Gasteiger charge is -2.23. The van der Waals surface area contributed by atoms with Crippen molar-refractivity contribution in [1.29, 1.82) is 5.26 Å². The summed E-state index contributed by atoms with van der Waals surface area (Å²) in [6, 6.07) is 2.90. The van der Waals surface area contributed by atoms with Gasteiger partial charge in [0, 0.05) is 12.7 Å². The molecule has 1 unspecified atom stereocenters. The Hall–Kier alpha value is -1.94. The van der Waals surface area contributed by atoms with Crippen molar-refractivity contribution in [3.05, 3.63) is 35.1 Å². The number of methoxy groups -OCH3 is 1. The summed E-state index contributed by atoms with van der Waals surface area (Å²) < 4.78 is 56.0. The van der Waals surface area contributed by atoms with Crippen LogP contribution in [-0.2, 0) is 21.3 Å². The first kappa shape index (κ1) is 15.1. The Bertz CT molecular complexity index is 548. The predicted molar refractivity (Wildman–Crippen MR) is 56.4 cm³/mol. The fourth-order valence-corrected chi connectivity index (χ4v) is 1.60. The van der Waals surface area contributed by atoms with E-state index in [0.717, 1.165) is 14.0 Å². The zero-order valence-electron chi connectivity index (χ0n) is 10.0. The monoisotopic (exact) mass is 275 g/mol. The van der Waals surface area contributed by atoms with E-state index in [-0.39, 0.29) is 0 Å². The summed E-state index contributed by atoms with van der Waals surface area (Å²) in [6.45, 7) is 0.937. The molecule has 0 aliphatic rings. The van der Waals surface area contributed by atoms with Crippen LogP contribution in [0, 0.1) is 17.1 Å². The zero-order valence-corrected chi connectivity index (χ0v) is 10.0. The van der Waals surface area contributed by atoms with Gasteiger partial charge in [-0.05, 0) is 25.1 Å². The number of alkyl halides is 3. The third-order valence-electron chi connectivity index (χ3n) is 2.63. The molecule has 0 N–H and O–H groups in total. The minimum absolute atomic E-state index is 0.406. The fraction of sp³-hybridized carbons (Fsp3) is 0.333. The van der Waals surface area contributed by atoms with E-state index in [1.807, 2.05) is 0 Å². The summed E-state index contributed by atoms with van der Waals surface area (Å²) in [5.41, 5.74) is -4.30. The quantitative estimate of drug-likeness (QED) is 0.797. The van der Waals surface area contributed by atoms with Crippen LogP contribution < -0.4 is 0 Å². The molecular weight excluding hydrogens is 266 g/mol. The number of nitriles is 1. The molecule has 0 aromatic heterocycles. The highest BCUT2D eigenvalue weighted by Crippen LogP contribution is 2.35. The lowest BCUT2D eigenvalue weighted by atomic mass is 9.89. The number of rotatable bonds is 3. The van der Waals surface area contributed by atoms with Crippen LogP contribution >= 0.6 is 0 Å². The second kappa shape index (κ2) is 4.97. The molecule has 0 aliphatic heterocycles. The summed E-state index contributed by atoms with van der Waals surface area (Å²) in [4.78, 5) is 11.4. The summed E-state index contributed by atoms with van der Waals surface area (Å²) in [6.07, 6.45) is -4.71. The Morgan fingerprint density at radius 3 is 2.32 bits per heavy atom. The van der Waals surface area contributed by atoms with Crippen molar-refractivity contribution < 1.29 is 27.1 Å². The van der Waals surface area contributed by atoms with Crippen LogP contribution in [0.5, 0.6) is 0 Å². The van der Waals surface area contributed by atoms with Crippen LogP contribution in [0.1, 0.15) is 18.1 Å². The van der Waals surface area contributed by atoms with Gasteiger partial charge < -0.3 is 4.74 Å². The molecule has 102 valence electrons. The highest BCUT2D eigenvalue weighted by atomic mass is 19.4. The van der Waals surface area contributed by atoms with E-state index >= 15 is 0 Å². The van der Waals surface area contributed by atoms with Crippen molar-refractivity contribution in [1.82, 2.24) is 0 Å². The SMILES string of the molecule is COC(C#N)(C(C)=O)c1cc(C(F)(F)F)ccc1F. The Balaban J connectivity index is 3.57. The molecule has 0 amide bonds. The van der Waals surface area contributed by atoms with Gasteiger partial charge in [-0.1, -0.05) is 0 Å². The van der Waals surface area contributed by atoms with Crippen LogP contribution in [0.3, 0.4) is 0 Å². The summed E-state index contributed by atoms with van der Waals surface area (Å²) in [5.74, 6) is -2.03. The molecule has 1 atom stereocenters. The highest BCUT2D eigenvalue weighted by Gasteiger charge is 2.42. The van der Waals surface area contributed by atoms with Gasteiger partial charge in [0.25, 0.3) is 0 Å². The number of benzene rings is 1. The maximum absolute atomic E-state index is 13.6. The molecule has 19 heavy (non-hydrogen) atoms. The van der Waals surface area contributed by atoms with Crippen molar-refractivity contribution in [3.8, 4) is 6.07 Å². The van der Waals surface area contributed by atoms with E-state index in [2.05, 4.69) is 4.74 Å². The number of ketones is 1. The van der Waals surface area contributed by atoms with E-state index in [1.165, 1.54) is 6.07 Å². The molecule has 3 nitrogen and oxygen atoms in total. The lowest BCUT2D eigenvalue weighted by Crippen LogP contribution is -2.36. The summed E-state index contributed by atoms with van der Waals surface area (Å²) >= 11 is 0. The maximum atomic E-state index is 13.6. The number of halogens is 4. The molecule has 0 spiro atoms. The molecule has 0 heterocycles. The van der Waals surface area contributed by atoms with E-state index in [1.54, 1.807) is 0 Å². The van der Waals surface area contributed by atoms with Crippen LogP contribution in [-0.4, -0.2) is 12.9 Å². The standard InChI is InChI=1S/C12H9F4NO2/c1-7(18)11(6-17,19-2)9-5-8(12(14,15)16)3-4-10(9)13/h3-5H,1-2H3. The summed E-state index contributed by atoms with van der Waals surface area (Å²) in [5, 5.41) is 8.97. The molecule has 0 aliphatic carbocycles. The van der Waals surface area contributed by atoms with Gasteiger partial charge >= 0.3 is 6.18 Å². The van der Waals surface area contributed by atoms with Gasteiger partial charge in [0.05, 0.1) is 5.56 Å². The first-order valence-electron chi connectivity index (χ1n) is 5.03. The predicted octanol–water partition coefficient (Wildman–Crippen LogP) is 2.80. The van der Waals surface area contributed by atoms with Gasteiger partial charge in [-0.3, -0.25) is 4.79 Å². The van der Waals surface area contributed by atoms with E-state index in [4.69, 9.17) is 5.26 Å². The van der Waals surface area contributed by atoms with Crippen molar-refractivity contribution in [2.75, 3.05) is 7.11 Å². The molecule has 0 saturated heterocycles. The van der Waals surface area contributed by atoms with E-state index in [0.29, 0.717) is 18.2 Å². The molecule has 0 saturated carbocycles. The second-order valence-corrected chi connectivity index (χ2v) is 3.75. The summed E-state index contributed by atoms with van der Waals surface area (Å²) in [7, 11) is 0.949. The number of nitrogens with zero attached hydrogens (tertiary/aromatic N) is 1. The number of Topliss-reactive ketones (excluding diaryl/α,β-unsaturated/α-hetero) is 1. The second-order valence-electron chi connectivity index (χ2n) is 3.75. The van der Waals surface area contributed by atoms with Gasteiger partial charge in [0.15, 0.2) is 5.78 Å². The number of hydrogen-bond donors (Lipinski definition) is 0. The lowest BCUT2D eigenvalue weighted by molar-refractivity contribution is -0.139. The van der Waals surface area contributed by atoms with Gasteiger partial charge in [-0.15, -0.1) is 0 Å². The number of ether oxygens (including phenoxy) is 1. The van der Waals surface area contributed by atoms with Gasteiger partial charge in [-0.25, -0.2) is 4.39 Å². The average Bonchev–Trinajstić information content (AvgIpc) is 2.31. The molecule has 0 fully saturated rings. The third-order valence-corrected chi connectivity index (χ3v) is 2.63. The molecule has 1 rings (SSSR count). The number of hydrogen-bond acceptors (Lipinski definition) is 3. The third kappa shape index (κ3) is 2.58. The van der Waals surface area contributed by atoms with Crippen molar-refractivity contribution in [2.45, 2.75) is 18.7 Å². The number of carbonyl (C=O) groups excluding carboxylic acids is 1. The molecule has 0 radical (unpaired) electrons. The highest BCUT2D eigenvalue weighted by molar-refractivity contribution is 5.89. The fourth-order valence-electron chi connectivity index (χ4n) is 1.60. The van der Waals surface area contributed by atoms with Crippen molar-refractivity contribution in [2.24, 2.45) is 0 Å². The molecule has 1 aromatic rings. The van der Waals surface area contributed by atoms with Crippen molar-refractivity contribution >= 4 is 5.78 Å². The van der Waals surface area contributed by atoms with Crippen LogP contribution in [0.2, 0.25) is 0 Å².